The number of thioether (sulfide) groups is 1. The van der Waals surface area contributed by atoms with Crippen molar-refractivity contribution >= 4 is 11.8 Å². The topological polar surface area (TPSA) is 15.3 Å². The van der Waals surface area contributed by atoms with E-state index in [1.54, 1.807) is 0 Å². The van der Waals surface area contributed by atoms with E-state index in [1.807, 2.05) is 0 Å². The Bertz CT molecular complexity index is 236. The summed E-state index contributed by atoms with van der Waals surface area (Å²) >= 11 is 2.07. The Labute approximate surface area is 98.2 Å². The molecule has 0 radical (unpaired) electrons. The summed E-state index contributed by atoms with van der Waals surface area (Å²) in [6.45, 7) is 10.6. The van der Waals surface area contributed by atoms with Gasteiger partial charge in [0.05, 0.1) is 0 Å². The molecule has 2 rings (SSSR count). The van der Waals surface area contributed by atoms with Gasteiger partial charge in [-0.05, 0) is 39.9 Å². The van der Waals surface area contributed by atoms with Crippen LogP contribution in [-0.2, 0) is 0 Å². The van der Waals surface area contributed by atoms with Crippen molar-refractivity contribution < 1.29 is 0 Å². The molecule has 2 fully saturated rings. The third-order valence-corrected chi connectivity index (χ3v) is 5.23. The number of nitrogens with one attached hydrogen (secondary N) is 1. The molecule has 15 heavy (non-hydrogen) atoms. The highest BCUT2D eigenvalue weighted by atomic mass is 32.2. The van der Waals surface area contributed by atoms with Gasteiger partial charge < -0.3 is 5.32 Å². The second kappa shape index (κ2) is 3.94. The van der Waals surface area contributed by atoms with Crippen molar-refractivity contribution in [3.8, 4) is 0 Å². The van der Waals surface area contributed by atoms with Crippen LogP contribution in [0.2, 0.25) is 0 Å². The Morgan fingerprint density at radius 2 is 2.07 bits per heavy atom. The van der Waals surface area contributed by atoms with Crippen LogP contribution in [0.15, 0.2) is 0 Å². The molecule has 1 atom stereocenters. The highest BCUT2D eigenvalue weighted by Gasteiger charge is 2.45. The Balaban J connectivity index is 1.95. The van der Waals surface area contributed by atoms with Gasteiger partial charge in [0, 0.05) is 36.0 Å². The summed E-state index contributed by atoms with van der Waals surface area (Å²) in [5.74, 6) is 0. The molecule has 0 bridgehead atoms. The summed E-state index contributed by atoms with van der Waals surface area (Å²) < 4.78 is 0.613. The lowest BCUT2D eigenvalue weighted by Crippen LogP contribution is -2.61. The van der Waals surface area contributed by atoms with E-state index in [0.29, 0.717) is 16.3 Å². The fourth-order valence-corrected chi connectivity index (χ4v) is 3.23. The van der Waals surface area contributed by atoms with Crippen LogP contribution in [0.25, 0.3) is 0 Å². The molecule has 1 N–H and O–H groups in total. The lowest BCUT2D eigenvalue weighted by atomic mass is 9.99. The van der Waals surface area contributed by atoms with Gasteiger partial charge in [0.1, 0.15) is 0 Å². The molecule has 2 aliphatic rings. The van der Waals surface area contributed by atoms with Crippen molar-refractivity contribution in [3.05, 3.63) is 0 Å². The Hall–Kier alpha value is 0.270. The van der Waals surface area contributed by atoms with Crippen molar-refractivity contribution in [2.45, 2.75) is 49.9 Å². The van der Waals surface area contributed by atoms with Crippen LogP contribution in [0.5, 0.6) is 0 Å². The second-order valence-corrected chi connectivity index (χ2v) is 7.18. The quantitative estimate of drug-likeness (QED) is 0.795. The van der Waals surface area contributed by atoms with E-state index in [9.17, 15) is 0 Å². The van der Waals surface area contributed by atoms with Crippen LogP contribution in [-0.4, -0.2) is 47.1 Å². The minimum absolute atomic E-state index is 0.293. The first-order chi connectivity index (χ1) is 6.96. The van der Waals surface area contributed by atoms with Crippen molar-refractivity contribution in [2.75, 3.05) is 25.9 Å². The Morgan fingerprint density at radius 3 is 2.60 bits per heavy atom. The summed E-state index contributed by atoms with van der Waals surface area (Å²) in [5.41, 5.74) is 0.293. The maximum absolute atomic E-state index is 3.61. The largest absolute Gasteiger partial charge is 0.309 e. The minimum Gasteiger partial charge on any atom is -0.309 e. The maximum Gasteiger partial charge on any atom is 0.0285 e. The predicted octanol–water partition coefficient (Wildman–Crippen LogP) is 1.95. The summed E-state index contributed by atoms with van der Waals surface area (Å²) in [5, 5.41) is 3.61. The summed E-state index contributed by atoms with van der Waals surface area (Å²) in [6, 6.07) is 0.697. The molecule has 3 heteroatoms. The van der Waals surface area contributed by atoms with Crippen molar-refractivity contribution in [2.24, 2.45) is 0 Å². The molecule has 1 saturated heterocycles. The fourth-order valence-electron chi connectivity index (χ4n) is 2.42. The standard InChI is InChI=1S/C12H24N2S/c1-10-7-13-11(2,3)8-14(10)9-12(15-4)5-6-12/h10,13H,5-9H2,1-4H3. The number of hydrogen-bond acceptors (Lipinski definition) is 3. The number of piperazine rings is 1. The molecule has 1 saturated carbocycles. The highest BCUT2D eigenvalue weighted by molar-refractivity contribution is 8.00. The van der Waals surface area contributed by atoms with Gasteiger partial charge in [-0.15, -0.1) is 0 Å². The van der Waals surface area contributed by atoms with Gasteiger partial charge in [0.15, 0.2) is 0 Å². The molecule has 1 heterocycles. The van der Waals surface area contributed by atoms with E-state index in [-0.39, 0.29) is 0 Å². The van der Waals surface area contributed by atoms with Gasteiger partial charge in [-0.3, -0.25) is 4.90 Å². The van der Waals surface area contributed by atoms with Crippen LogP contribution in [0.4, 0.5) is 0 Å². The van der Waals surface area contributed by atoms with E-state index >= 15 is 0 Å². The third-order valence-electron chi connectivity index (χ3n) is 3.83. The summed E-state index contributed by atoms with van der Waals surface area (Å²) in [6.07, 6.45) is 5.11. The normalized spacial score (nSPS) is 34.0. The van der Waals surface area contributed by atoms with E-state index in [2.05, 4.69) is 49.0 Å². The van der Waals surface area contributed by atoms with Gasteiger partial charge in [-0.25, -0.2) is 0 Å². The van der Waals surface area contributed by atoms with Crippen LogP contribution in [0.3, 0.4) is 0 Å². The fraction of sp³-hybridized carbons (Fsp3) is 1.00. The van der Waals surface area contributed by atoms with Gasteiger partial charge in [0.25, 0.3) is 0 Å². The first-order valence-corrected chi connectivity index (χ1v) is 7.23. The molecule has 1 aliphatic carbocycles. The van der Waals surface area contributed by atoms with E-state index in [4.69, 9.17) is 0 Å². The molecule has 88 valence electrons. The molecule has 1 aliphatic heterocycles. The third kappa shape index (κ3) is 2.69. The van der Waals surface area contributed by atoms with Crippen molar-refractivity contribution in [3.63, 3.8) is 0 Å². The van der Waals surface area contributed by atoms with Crippen LogP contribution >= 0.6 is 11.8 Å². The zero-order valence-electron chi connectivity index (χ0n) is 10.5. The number of nitrogens with zero attached hydrogens (tertiary/aromatic N) is 1. The zero-order chi connectivity index (χ0) is 11.1. The highest BCUT2D eigenvalue weighted by Crippen LogP contribution is 2.48. The molecular weight excluding hydrogens is 204 g/mol. The molecule has 0 aromatic carbocycles. The smallest absolute Gasteiger partial charge is 0.0285 e. The summed E-state index contributed by atoms with van der Waals surface area (Å²) in [7, 11) is 0. The van der Waals surface area contributed by atoms with Crippen LogP contribution in [0.1, 0.15) is 33.6 Å². The van der Waals surface area contributed by atoms with Crippen LogP contribution in [0, 0.1) is 0 Å². The average molecular weight is 228 g/mol. The van der Waals surface area contributed by atoms with Crippen LogP contribution < -0.4 is 5.32 Å². The molecule has 0 aromatic rings. The lowest BCUT2D eigenvalue weighted by Gasteiger charge is -2.44. The van der Waals surface area contributed by atoms with E-state index < -0.39 is 0 Å². The maximum atomic E-state index is 3.61. The van der Waals surface area contributed by atoms with Gasteiger partial charge in [-0.1, -0.05) is 0 Å². The van der Waals surface area contributed by atoms with Gasteiger partial charge >= 0.3 is 0 Å². The molecule has 0 aromatic heterocycles. The predicted molar refractivity (Wildman–Crippen MR) is 68.6 cm³/mol. The Kier molecular flexibility index (Phi) is 3.08. The van der Waals surface area contributed by atoms with E-state index in [0.717, 1.165) is 6.54 Å². The lowest BCUT2D eigenvalue weighted by molar-refractivity contribution is 0.103. The zero-order valence-corrected chi connectivity index (χ0v) is 11.3. The van der Waals surface area contributed by atoms with Crippen molar-refractivity contribution in [1.29, 1.82) is 0 Å². The summed E-state index contributed by atoms with van der Waals surface area (Å²) in [4.78, 5) is 2.68. The number of hydrogen-bond donors (Lipinski definition) is 1. The average Bonchev–Trinajstić information content (AvgIpc) is 2.92. The van der Waals surface area contributed by atoms with Gasteiger partial charge in [-0.2, -0.15) is 11.8 Å². The first kappa shape index (κ1) is 11.7. The Morgan fingerprint density at radius 1 is 1.40 bits per heavy atom. The van der Waals surface area contributed by atoms with E-state index in [1.165, 1.54) is 25.9 Å². The molecule has 0 amide bonds. The molecule has 0 spiro atoms. The van der Waals surface area contributed by atoms with Gasteiger partial charge in [0.2, 0.25) is 0 Å². The molecule has 2 nitrogen and oxygen atoms in total. The molecular formula is C12H24N2S. The number of rotatable bonds is 3. The minimum atomic E-state index is 0.293. The SMILES string of the molecule is CSC1(CN2CC(C)(C)NCC2C)CC1. The second-order valence-electron chi connectivity index (χ2n) is 5.91. The molecule has 1 unspecified atom stereocenters. The van der Waals surface area contributed by atoms with Crippen molar-refractivity contribution in [1.82, 2.24) is 10.2 Å². The first-order valence-electron chi connectivity index (χ1n) is 6.01. The monoisotopic (exact) mass is 228 g/mol.